The fourth-order valence-corrected chi connectivity index (χ4v) is 0.791. The van der Waals surface area contributed by atoms with Crippen molar-refractivity contribution in [1.82, 2.24) is 10.6 Å². The second-order valence-corrected chi connectivity index (χ2v) is 3.18. The lowest BCUT2D eigenvalue weighted by molar-refractivity contribution is -0.139. The highest BCUT2D eigenvalue weighted by Crippen LogP contribution is 1.93. The summed E-state index contributed by atoms with van der Waals surface area (Å²) in [5.41, 5.74) is 0. The number of carbonyl (C=O) groups excluding carboxylic acids is 1. The Labute approximate surface area is 87.1 Å². The molecule has 1 atom stereocenters. The van der Waals surface area contributed by atoms with Gasteiger partial charge in [-0.25, -0.2) is 9.59 Å². The summed E-state index contributed by atoms with van der Waals surface area (Å²) in [6, 6.07) is -1.44. The molecule has 0 heterocycles. The van der Waals surface area contributed by atoms with E-state index in [1.807, 2.05) is 0 Å². The van der Waals surface area contributed by atoms with E-state index in [1.54, 1.807) is 6.92 Å². The van der Waals surface area contributed by atoms with Crippen LogP contribution in [0, 0.1) is 0 Å². The Hall–Kier alpha value is -1.23. The molecule has 0 aromatic carbocycles. The van der Waals surface area contributed by atoms with Gasteiger partial charge < -0.3 is 15.7 Å². The normalized spacial score (nSPS) is 11.6. The van der Waals surface area contributed by atoms with Crippen LogP contribution in [0.15, 0.2) is 11.6 Å². The molecule has 80 valence electrons. The lowest BCUT2D eigenvalue weighted by Crippen LogP contribution is -2.45. The number of amides is 2. The first-order valence-electron chi connectivity index (χ1n) is 4.07. The fourth-order valence-electron chi connectivity index (χ4n) is 0.724. The van der Waals surface area contributed by atoms with Crippen molar-refractivity contribution < 1.29 is 14.7 Å². The minimum atomic E-state index is -1.06. The second-order valence-electron chi connectivity index (χ2n) is 2.64. The van der Waals surface area contributed by atoms with Crippen molar-refractivity contribution in [2.45, 2.75) is 19.4 Å². The third-order valence-corrected chi connectivity index (χ3v) is 1.59. The number of urea groups is 1. The molecule has 0 aliphatic carbocycles. The maximum absolute atomic E-state index is 11.0. The molecule has 0 aliphatic rings. The van der Waals surface area contributed by atoms with Gasteiger partial charge in [-0.3, -0.25) is 0 Å². The number of aliphatic carboxylic acids is 1. The minimum absolute atomic E-state index is 0.115. The first kappa shape index (κ1) is 12.8. The van der Waals surface area contributed by atoms with Gasteiger partial charge in [0, 0.05) is 5.03 Å². The van der Waals surface area contributed by atoms with E-state index < -0.39 is 18.0 Å². The summed E-state index contributed by atoms with van der Waals surface area (Å²) >= 11 is 5.40. The molecular formula is C8H13ClN2O3. The van der Waals surface area contributed by atoms with Gasteiger partial charge in [0.05, 0.1) is 6.54 Å². The summed E-state index contributed by atoms with van der Waals surface area (Å²) in [5, 5.41) is 13.5. The maximum Gasteiger partial charge on any atom is 0.326 e. The Kier molecular flexibility index (Phi) is 5.71. The summed E-state index contributed by atoms with van der Waals surface area (Å²) in [5.74, 6) is -1.06. The SMILES string of the molecule is C=C(Cl)CNC(=O)N[C@H](CC)C(=O)O. The number of carboxylic acid groups (broad SMARTS) is 1. The molecule has 0 aromatic rings. The van der Waals surface area contributed by atoms with Crippen molar-refractivity contribution in [3.05, 3.63) is 11.6 Å². The Morgan fingerprint density at radius 3 is 2.50 bits per heavy atom. The smallest absolute Gasteiger partial charge is 0.326 e. The van der Waals surface area contributed by atoms with Gasteiger partial charge in [0.25, 0.3) is 0 Å². The second kappa shape index (κ2) is 6.26. The third-order valence-electron chi connectivity index (χ3n) is 1.45. The first-order valence-corrected chi connectivity index (χ1v) is 4.45. The number of nitrogens with one attached hydrogen (secondary N) is 2. The Balaban J connectivity index is 3.91. The van der Waals surface area contributed by atoms with E-state index in [-0.39, 0.29) is 11.6 Å². The number of carbonyl (C=O) groups is 2. The Morgan fingerprint density at radius 1 is 1.57 bits per heavy atom. The fraction of sp³-hybridized carbons (Fsp3) is 0.500. The van der Waals surface area contributed by atoms with Crippen molar-refractivity contribution >= 4 is 23.6 Å². The van der Waals surface area contributed by atoms with Crippen LogP contribution in [0.4, 0.5) is 4.79 Å². The van der Waals surface area contributed by atoms with Gasteiger partial charge in [0.2, 0.25) is 0 Å². The number of hydrogen-bond acceptors (Lipinski definition) is 2. The van der Waals surface area contributed by atoms with Crippen LogP contribution in [0.1, 0.15) is 13.3 Å². The van der Waals surface area contributed by atoms with Crippen LogP contribution in [0.2, 0.25) is 0 Å². The van der Waals surface area contributed by atoms with E-state index in [9.17, 15) is 9.59 Å². The van der Waals surface area contributed by atoms with Crippen LogP contribution in [-0.2, 0) is 4.79 Å². The molecule has 14 heavy (non-hydrogen) atoms. The van der Waals surface area contributed by atoms with Crippen LogP contribution in [0.25, 0.3) is 0 Å². The summed E-state index contributed by atoms with van der Waals surface area (Å²) in [7, 11) is 0. The van der Waals surface area contributed by atoms with Crippen LogP contribution in [0.5, 0.6) is 0 Å². The van der Waals surface area contributed by atoms with Gasteiger partial charge in [0.1, 0.15) is 6.04 Å². The monoisotopic (exact) mass is 220 g/mol. The van der Waals surface area contributed by atoms with Crippen molar-refractivity contribution in [3.8, 4) is 0 Å². The standard InChI is InChI=1S/C8H13ClN2O3/c1-3-6(7(12)13)11-8(14)10-4-5(2)9/h6H,2-4H2,1H3,(H,12,13)(H2,10,11,14)/t6-/m1/s1. The lowest BCUT2D eigenvalue weighted by atomic mass is 10.2. The molecule has 0 fully saturated rings. The third kappa shape index (κ3) is 5.42. The first-order chi connectivity index (χ1) is 6.47. The van der Waals surface area contributed by atoms with Crippen molar-refractivity contribution in [2.75, 3.05) is 6.54 Å². The number of carboxylic acids is 1. The van der Waals surface area contributed by atoms with Gasteiger partial charge >= 0.3 is 12.0 Å². The van der Waals surface area contributed by atoms with Gasteiger partial charge in [-0.1, -0.05) is 25.1 Å². The van der Waals surface area contributed by atoms with Crippen molar-refractivity contribution in [2.24, 2.45) is 0 Å². The molecule has 0 rings (SSSR count). The highest BCUT2D eigenvalue weighted by atomic mass is 35.5. The molecular weight excluding hydrogens is 208 g/mol. The van der Waals surface area contributed by atoms with Crippen LogP contribution < -0.4 is 10.6 Å². The van der Waals surface area contributed by atoms with Crippen LogP contribution in [0.3, 0.4) is 0 Å². The topological polar surface area (TPSA) is 78.4 Å². The molecule has 0 aromatic heterocycles. The van der Waals surface area contributed by atoms with E-state index in [4.69, 9.17) is 16.7 Å². The number of hydrogen-bond donors (Lipinski definition) is 3. The molecule has 0 saturated carbocycles. The molecule has 0 spiro atoms. The summed E-state index contributed by atoms with van der Waals surface area (Å²) in [6.07, 6.45) is 0.324. The maximum atomic E-state index is 11.0. The molecule has 0 aliphatic heterocycles. The van der Waals surface area contributed by atoms with Gasteiger partial charge in [-0.15, -0.1) is 0 Å². The van der Waals surface area contributed by atoms with E-state index >= 15 is 0 Å². The summed E-state index contributed by atoms with van der Waals surface area (Å²) in [4.78, 5) is 21.6. The quantitative estimate of drug-likeness (QED) is 0.644. The minimum Gasteiger partial charge on any atom is -0.480 e. The zero-order chi connectivity index (χ0) is 11.1. The lowest BCUT2D eigenvalue weighted by Gasteiger charge is -2.12. The highest BCUT2D eigenvalue weighted by molar-refractivity contribution is 6.29. The zero-order valence-corrected chi connectivity index (χ0v) is 8.60. The van der Waals surface area contributed by atoms with E-state index in [0.717, 1.165) is 0 Å². The summed E-state index contributed by atoms with van der Waals surface area (Å²) in [6.45, 7) is 5.15. The zero-order valence-electron chi connectivity index (χ0n) is 7.84. The highest BCUT2D eigenvalue weighted by Gasteiger charge is 2.16. The molecule has 3 N–H and O–H groups in total. The van der Waals surface area contributed by atoms with E-state index in [0.29, 0.717) is 6.42 Å². The molecule has 0 bridgehead atoms. The Bertz CT molecular complexity index is 243. The molecule has 6 heteroatoms. The van der Waals surface area contributed by atoms with Gasteiger partial charge in [-0.2, -0.15) is 0 Å². The molecule has 0 saturated heterocycles. The van der Waals surface area contributed by atoms with Crippen LogP contribution in [-0.4, -0.2) is 29.7 Å². The van der Waals surface area contributed by atoms with E-state index in [2.05, 4.69) is 17.2 Å². The van der Waals surface area contributed by atoms with Crippen LogP contribution >= 0.6 is 11.6 Å². The summed E-state index contributed by atoms with van der Waals surface area (Å²) < 4.78 is 0. The predicted octanol–water partition coefficient (Wildman–Crippen LogP) is 0.901. The number of halogens is 1. The molecule has 2 amide bonds. The van der Waals surface area contributed by atoms with Gasteiger partial charge in [-0.05, 0) is 6.42 Å². The predicted molar refractivity (Wildman–Crippen MR) is 53.2 cm³/mol. The molecule has 0 unspecified atom stereocenters. The average molecular weight is 221 g/mol. The molecule has 0 radical (unpaired) electrons. The average Bonchev–Trinajstić information content (AvgIpc) is 2.10. The Morgan fingerprint density at radius 2 is 2.14 bits per heavy atom. The van der Waals surface area contributed by atoms with Gasteiger partial charge in [0.15, 0.2) is 0 Å². The largest absolute Gasteiger partial charge is 0.480 e. The van der Waals surface area contributed by atoms with Crippen molar-refractivity contribution in [1.29, 1.82) is 0 Å². The molecule has 5 nitrogen and oxygen atoms in total. The van der Waals surface area contributed by atoms with Crippen molar-refractivity contribution in [3.63, 3.8) is 0 Å². The van der Waals surface area contributed by atoms with E-state index in [1.165, 1.54) is 0 Å². The number of rotatable bonds is 5.